The predicted octanol–water partition coefficient (Wildman–Crippen LogP) is 2.29. The molecule has 3 heterocycles. The molecular weight excluding hydrogens is 400 g/mol. The van der Waals surface area contributed by atoms with Gasteiger partial charge in [0.1, 0.15) is 4.90 Å². The maximum atomic E-state index is 13.5. The molecule has 1 aliphatic heterocycles. The van der Waals surface area contributed by atoms with Gasteiger partial charge in [0.05, 0.1) is 6.54 Å². The Hall–Kier alpha value is -3.23. The van der Waals surface area contributed by atoms with Gasteiger partial charge in [-0.25, -0.2) is 22.3 Å². The van der Waals surface area contributed by atoms with Crippen molar-refractivity contribution in [2.45, 2.75) is 24.4 Å². The highest BCUT2D eigenvalue weighted by atomic mass is 32.2. The summed E-state index contributed by atoms with van der Waals surface area (Å²) in [6.45, 7) is 0.988. The van der Waals surface area contributed by atoms with E-state index in [1.165, 1.54) is 25.0 Å². The summed E-state index contributed by atoms with van der Waals surface area (Å²) in [5.74, 6) is 0. The van der Waals surface area contributed by atoms with Crippen LogP contribution in [-0.2, 0) is 29.5 Å². The molecule has 0 unspecified atom stereocenters. The average molecular weight is 420 g/mol. The molecule has 0 saturated heterocycles. The van der Waals surface area contributed by atoms with Crippen LogP contribution in [-0.4, -0.2) is 33.4 Å². The maximum Gasteiger partial charge on any atom is 0.350 e. The molecule has 4 aromatic rings. The minimum Gasteiger partial charge on any atom is -0.249 e. The molecule has 0 saturated carbocycles. The van der Waals surface area contributed by atoms with Crippen LogP contribution in [0.5, 0.6) is 0 Å². The van der Waals surface area contributed by atoms with Crippen molar-refractivity contribution in [3.63, 3.8) is 0 Å². The second-order valence-electron chi connectivity index (χ2n) is 7.35. The van der Waals surface area contributed by atoms with Gasteiger partial charge in [0.2, 0.25) is 10.0 Å². The largest absolute Gasteiger partial charge is 0.350 e. The molecule has 0 fully saturated rings. The molecule has 5 rings (SSSR count). The summed E-state index contributed by atoms with van der Waals surface area (Å²) in [4.78, 5) is 12.9. The lowest BCUT2D eigenvalue weighted by Gasteiger charge is -2.28. The number of nitrogens with zero attached hydrogens (tertiary/aromatic N) is 4. The van der Waals surface area contributed by atoms with E-state index in [0.29, 0.717) is 19.5 Å². The quantitative estimate of drug-likeness (QED) is 0.508. The van der Waals surface area contributed by atoms with Crippen LogP contribution in [0.2, 0.25) is 0 Å². The van der Waals surface area contributed by atoms with Gasteiger partial charge in [-0.15, -0.1) is 5.10 Å². The molecule has 8 heteroatoms. The van der Waals surface area contributed by atoms with E-state index < -0.39 is 10.0 Å². The van der Waals surface area contributed by atoms with Crippen LogP contribution in [0.1, 0.15) is 16.7 Å². The molecule has 2 aromatic carbocycles. The van der Waals surface area contributed by atoms with Crippen LogP contribution in [0.3, 0.4) is 0 Å². The van der Waals surface area contributed by atoms with Gasteiger partial charge in [-0.3, -0.25) is 0 Å². The zero-order valence-electron chi connectivity index (χ0n) is 16.2. The Morgan fingerprint density at radius 2 is 1.63 bits per heavy atom. The number of fused-ring (bicyclic) bond motifs is 2. The molecule has 0 N–H and O–H groups in total. The fraction of sp³-hybridized carbons (Fsp3) is 0.182. The van der Waals surface area contributed by atoms with E-state index in [2.05, 4.69) is 5.10 Å². The number of hydrogen-bond acceptors (Lipinski definition) is 4. The molecule has 7 nitrogen and oxygen atoms in total. The van der Waals surface area contributed by atoms with Gasteiger partial charge in [0, 0.05) is 19.3 Å². The summed E-state index contributed by atoms with van der Waals surface area (Å²) in [5.41, 5.74) is 2.88. The summed E-state index contributed by atoms with van der Waals surface area (Å²) >= 11 is 0. The zero-order valence-corrected chi connectivity index (χ0v) is 17.0. The van der Waals surface area contributed by atoms with Gasteiger partial charge >= 0.3 is 5.69 Å². The molecule has 1 aliphatic rings. The molecule has 2 aromatic heterocycles. The Balaban J connectivity index is 1.56. The van der Waals surface area contributed by atoms with Gasteiger partial charge in [0.25, 0.3) is 0 Å². The molecule has 0 bridgehead atoms. The molecular formula is C22H20N4O3S. The fourth-order valence-corrected chi connectivity index (χ4v) is 5.43. The average Bonchev–Trinajstić information content (AvgIpc) is 3.09. The highest BCUT2D eigenvalue weighted by molar-refractivity contribution is 7.89. The van der Waals surface area contributed by atoms with Crippen molar-refractivity contribution in [1.82, 2.24) is 18.5 Å². The van der Waals surface area contributed by atoms with E-state index in [-0.39, 0.29) is 22.8 Å². The number of aromatic nitrogens is 3. The van der Waals surface area contributed by atoms with Crippen molar-refractivity contribution in [2.75, 3.05) is 6.54 Å². The zero-order chi connectivity index (χ0) is 20.7. The number of pyridine rings is 1. The van der Waals surface area contributed by atoms with Gasteiger partial charge in [0.15, 0.2) is 5.65 Å². The Kier molecular flexibility index (Phi) is 4.52. The van der Waals surface area contributed by atoms with E-state index >= 15 is 0 Å². The third kappa shape index (κ3) is 3.14. The van der Waals surface area contributed by atoms with Crippen molar-refractivity contribution in [3.8, 4) is 0 Å². The summed E-state index contributed by atoms with van der Waals surface area (Å²) in [6, 6.07) is 20.5. The highest BCUT2D eigenvalue weighted by Gasteiger charge is 2.31. The van der Waals surface area contributed by atoms with Crippen LogP contribution in [0.4, 0.5) is 0 Å². The highest BCUT2D eigenvalue weighted by Crippen LogP contribution is 2.26. The minimum atomic E-state index is -3.81. The summed E-state index contributed by atoms with van der Waals surface area (Å²) in [6.07, 6.45) is 2.21. The first kappa shape index (κ1) is 18.8. The van der Waals surface area contributed by atoms with Crippen LogP contribution >= 0.6 is 0 Å². The molecule has 0 atom stereocenters. The molecule has 0 spiro atoms. The first-order valence-electron chi connectivity index (χ1n) is 9.73. The molecule has 152 valence electrons. The van der Waals surface area contributed by atoms with E-state index in [4.69, 9.17) is 0 Å². The van der Waals surface area contributed by atoms with Gasteiger partial charge in [-0.05, 0) is 35.2 Å². The molecule has 0 aliphatic carbocycles. The Bertz CT molecular complexity index is 1390. The first-order valence-corrected chi connectivity index (χ1v) is 11.2. The van der Waals surface area contributed by atoms with E-state index in [1.807, 2.05) is 54.6 Å². The third-order valence-corrected chi connectivity index (χ3v) is 7.33. The molecule has 0 amide bonds. The van der Waals surface area contributed by atoms with Gasteiger partial charge in [-0.1, -0.05) is 54.6 Å². The van der Waals surface area contributed by atoms with Crippen molar-refractivity contribution in [2.24, 2.45) is 0 Å². The van der Waals surface area contributed by atoms with Crippen molar-refractivity contribution in [1.29, 1.82) is 0 Å². The topological polar surface area (TPSA) is 76.7 Å². The number of benzene rings is 2. The van der Waals surface area contributed by atoms with Gasteiger partial charge < -0.3 is 0 Å². The van der Waals surface area contributed by atoms with E-state index in [1.54, 1.807) is 12.3 Å². The van der Waals surface area contributed by atoms with Gasteiger partial charge in [-0.2, -0.15) is 4.31 Å². The lowest BCUT2D eigenvalue weighted by molar-refractivity contribution is 0.391. The fourth-order valence-electron chi connectivity index (χ4n) is 3.89. The normalized spacial score (nSPS) is 14.7. The Morgan fingerprint density at radius 3 is 2.43 bits per heavy atom. The van der Waals surface area contributed by atoms with Crippen LogP contribution in [0, 0.1) is 0 Å². The van der Waals surface area contributed by atoms with Crippen molar-refractivity contribution < 1.29 is 8.42 Å². The summed E-state index contributed by atoms with van der Waals surface area (Å²) < 4.78 is 31.0. The smallest absolute Gasteiger partial charge is 0.249 e. The monoisotopic (exact) mass is 420 g/mol. The summed E-state index contributed by atoms with van der Waals surface area (Å²) in [5, 5.41) is 4.37. The van der Waals surface area contributed by atoms with Crippen LogP contribution in [0.25, 0.3) is 5.65 Å². The summed E-state index contributed by atoms with van der Waals surface area (Å²) in [7, 11) is -3.81. The van der Waals surface area contributed by atoms with E-state index in [9.17, 15) is 13.2 Å². The SMILES string of the molecule is O=c1n(Cc2ccccc2)nc2c(S(=O)(=O)N3CCc4ccccc4C3)cccn12. The lowest BCUT2D eigenvalue weighted by atomic mass is 10.0. The van der Waals surface area contributed by atoms with E-state index in [0.717, 1.165) is 11.1 Å². The number of rotatable bonds is 4. The predicted molar refractivity (Wildman–Crippen MR) is 113 cm³/mol. The van der Waals surface area contributed by atoms with Crippen LogP contribution in [0.15, 0.2) is 82.6 Å². The second-order valence-corrected chi connectivity index (χ2v) is 9.26. The second kappa shape index (κ2) is 7.23. The maximum absolute atomic E-state index is 13.5. The lowest BCUT2D eigenvalue weighted by Crippen LogP contribution is -2.36. The minimum absolute atomic E-state index is 0.0493. The van der Waals surface area contributed by atoms with Crippen molar-refractivity contribution in [3.05, 3.63) is 100 Å². The Labute approximate surface area is 173 Å². The third-order valence-electron chi connectivity index (χ3n) is 5.46. The molecule has 30 heavy (non-hydrogen) atoms. The molecule has 0 radical (unpaired) electrons. The first-order chi connectivity index (χ1) is 14.5. The van der Waals surface area contributed by atoms with Crippen LogP contribution < -0.4 is 5.69 Å². The standard InChI is InChI=1S/C22H20N4O3S/c27-22-25-13-6-11-20(21(25)23-26(22)15-17-7-2-1-3-8-17)30(28,29)24-14-12-18-9-4-5-10-19(18)16-24/h1-11,13H,12,14-16H2. The number of hydrogen-bond donors (Lipinski definition) is 0. The number of sulfonamides is 1. The Morgan fingerprint density at radius 1 is 0.900 bits per heavy atom. The van der Waals surface area contributed by atoms with Crippen molar-refractivity contribution >= 4 is 15.7 Å².